The van der Waals surface area contributed by atoms with E-state index in [-0.39, 0.29) is 22.7 Å². The maximum Gasteiger partial charge on any atom is 0.332 e. The van der Waals surface area contributed by atoms with Gasteiger partial charge in [0.15, 0.2) is 5.65 Å². The fourth-order valence-corrected chi connectivity index (χ4v) is 3.82. The van der Waals surface area contributed by atoms with Gasteiger partial charge in [-0.3, -0.25) is 18.7 Å². The average molecular weight is 428 g/mol. The summed E-state index contributed by atoms with van der Waals surface area (Å²) in [6.07, 6.45) is 0. The molecule has 0 saturated carbocycles. The van der Waals surface area contributed by atoms with Crippen molar-refractivity contribution in [3.63, 3.8) is 0 Å². The highest BCUT2D eigenvalue weighted by molar-refractivity contribution is 8.00. The number of carbonyl (C=O) groups excluding carboxylic acids is 1. The molecule has 2 heterocycles. The van der Waals surface area contributed by atoms with Crippen molar-refractivity contribution >= 4 is 34.4 Å². The molecule has 0 N–H and O–H groups in total. The van der Waals surface area contributed by atoms with Crippen LogP contribution in [0.5, 0.6) is 0 Å². The molecule has 8 nitrogen and oxygen atoms in total. The predicted molar refractivity (Wildman–Crippen MR) is 119 cm³/mol. The Labute approximate surface area is 178 Å². The smallest absolute Gasteiger partial charge is 0.315 e. The molecule has 0 saturated heterocycles. The molecule has 0 atom stereocenters. The van der Waals surface area contributed by atoms with Gasteiger partial charge < -0.3 is 4.90 Å². The van der Waals surface area contributed by atoms with E-state index >= 15 is 0 Å². The van der Waals surface area contributed by atoms with Gasteiger partial charge in [0.2, 0.25) is 5.91 Å². The predicted octanol–water partition coefficient (Wildman–Crippen LogP) is 2.08. The van der Waals surface area contributed by atoms with Crippen molar-refractivity contribution in [2.75, 3.05) is 17.7 Å². The Morgan fingerprint density at radius 1 is 1.07 bits per heavy atom. The number of aromatic nitrogens is 4. The summed E-state index contributed by atoms with van der Waals surface area (Å²) in [6.45, 7) is 5.86. The van der Waals surface area contributed by atoms with Gasteiger partial charge in [-0.05, 0) is 12.1 Å². The van der Waals surface area contributed by atoms with Crippen LogP contribution >= 0.6 is 11.8 Å². The van der Waals surface area contributed by atoms with Gasteiger partial charge in [-0.1, -0.05) is 50.7 Å². The lowest BCUT2D eigenvalue weighted by atomic mass is 9.96. The second-order valence-electron chi connectivity index (χ2n) is 8.08. The molecule has 3 aromatic rings. The summed E-state index contributed by atoms with van der Waals surface area (Å²) >= 11 is 1.18. The highest BCUT2D eigenvalue weighted by Crippen LogP contribution is 2.27. The van der Waals surface area contributed by atoms with Crippen molar-refractivity contribution in [1.82, 2.24) is 19.1 Å². The van der Waals surface area contributed by atoms with Crippen LogP contribution in [0.3, 0.4) is 0 Å². The summed E-state index contributed by atoms with van der Waals surface area (Å²) < 4.78 is 2.38. The zero-order chi connectivity index (χ0) is 22.2. The number of hydrogen-bond donors (Lipinski definition) is 0. The monoisotopic (exact) mass is 427 g/mol. The summed E-state index contributed by atoms with van der Waals surface area (Å²) in [6, 6.07) is 9.32. The lowest BCUT2D eigenvalue weighted by Crippen LogP contribution is -2.38. The van der Waals surface area contributed by atoms with E-state index in [9.17, 15) is 14.4 Å². The molecule has 0 unspecified atom stereocenters. The lowest BCUT2D eigenvalue weighted by molar-refractivity contribution is -0.115. The van der Waals surface area contributed by atoms with Crippen LogP contribution in [0.25, 0.3) is 11.0 Å². The number of fused-ring (bicyclic) bond motifs is 1. The minimum atomic E-state index is -0.472. The van der Waals surface area contributed by atoms with E-state index in [2.05, 4.69) is 9.97 Å². The van der Waals surface area contributed by atoms with Crippen LogP contribution in [0, 0.1) is 0 Å². The molecule has 0 spiro atoms. The molecular weight excluding hydrogens is 402 g/mol. The minimum Gasteiger partial charge on any atom is -0.315 e. The van der Waals surface area contributed by atoms with Crippen molar-refractivity contribution in [2.45, 2.75) is 31.2 Å². The third kappa shape index (κ3) is 4.02. The molecule has 0 fully saturated rings. The van der Waals surface area contributed by atoms with Crippen molar-refractivity contribution in [1.29, 1.82) is 0 Å². The summed E-state index contributed by atoms with van der Waals surface area (Å²) in [5, 5.41) is 0.642. The van der Waals surface area contributed by atoms with Gasteiger partial charge in [-0.15, -0.1) is 0 Å². The lowest BCUT2D eigenvalue weighted by Gasteiger charge is -2.20. The largest absolute Gasteiger partial charge is 0.332 e. The third-order valence-electron chi connectivity index (χ3n) is 4.79. The number of carbonyl (C=O) groups is 1. The quantitative estimate of drug-likeness (QED) is 0.468. The number of hydrogen-bond acceptors (Lipinski definition) is 6. The number of benzene rings is 1. The van der Waals surface area contributed by atoms with Crippen LogP contribution in [0.15, 0.2) is 44.9 Å². The van der Waals surface area contributed by atoms with E-state index in [1.54, 1.807) is 19.0 Å². The Hall–Kier alpha value is -2.94. The topological polar surface area (TPSA) is 90.1 Å². The van der Waals surface area contributed by atoms with E-state index in [1.165, 1.54) is 23.4 Å². The zero-order valence-electron chi connectivity index (χ0n) is 18.0. The Bertz CT molecular complexity index is 1230. The highest BCUT2D eigenvalue weighted by Gasteiger charge is 2.24. The first-order valence-corrected chi connectivity index (χ1v) is 10.4. The summed E-state index contributed by atoms with van der Waals surface area (Å²) in [5.41, 5.74) is -0.272. The maximum atomic E-state index is 12.8. The fraction of sp³-hybridized carbons (Fsp3) is 0.381. The molecule has 0 aliphatic carbocycles. The molecule has 0 bridgehead atoms. The first-order chi connectivity index (χ1) is 14.0. The number of para-hydroxylation sites is 1. The van der Waals surface area contributed by atoms with Gasteiger partial charge in [0.25, 0.3) is 5.56 Å². The Morgan fingerprint density at radius 3 is 2.30 bits per heavy atom. The standard InChI is InChI=1S/C21H25N5O3S/c1-21(2,3)19-22-16-15(18(28)26(6)20(29)25(16)5)17(23-19)30-12-14(27)24(4)13-10-8-7-9-11-13/h7-11H,12H2,1-6H3. The van der Waals surface area contributed by atoms with Crippen LogP contribution in [-0.2, 0) is 24.3 Å². The van der Waals surface area contributed by atoms with Gasteiger partial charge in [0, 0.05) is 32.2 Å². The van der Waals surface area contributed by atoms with Crippen LogP contribution in [-0.4, -0.2) is 37.8 Å². The van der Waals surface area contributed by atoms with Gasteiger partial charge in [0.05, 0.1) is 5.75 Å². The number of thioether (sulfide) groups is 1. The Kier molecular flexibility index (Phi) is 5.85. The molecular formula is C21H25N5O3S. The normalized spacial score (nSPS) is 11.7. The number of aryl methyl sites for hydroxylation is 1. The average Bonchev–Trinajstić information content (AvgIpc) is 2.73. The van der Waals surface area contributed by atoms with Gasteiger partial charge in [-0.2, -0.15) is 0 Å². The Balaban J connectivity index is 2.07. The summed E-state index contributed by atoms with van der Waals surface area (Å²) in [4.78, 5) is 48.6. The molecule has 0 radical (unpaired) electrons. The molecule has 1 aromatic carbocycles. The first kappa shape index (κ1) is 21.8. The van der Waals surface area contributed by atoms with Crippen LogP contribution in [0.1, 0.15) is 26.6 Å². The molecule has 158 valence electrons. The molecule has 9 heteroatoms. The van der Waals surface area contributed by atoms with E-state index in [4.69, 9.17) is 0 Å². The molecule has 30 heavy (non-hydrogen) atoms. The van der Waals surface area contributed by atoms with Crippen LogP contribution in [0.2, 0.25) is 0 Å². The summed E-state index contributed by atoms with van der Waals surface area (Å²) in [7, 11) is 4.70. The molecule has 3 rings (SSSR count). The van der Waals surface area contributed by atoms with E-state index in [0.717, 1.165) is 10.3 Å². The third-order valence-corrected chi connectivity index (χ3v) is 5.75. The first-order valence-electron chi connectivity index (χ1n) is 9.45. The highest BCUT2D eigenvalue weighted by atomic mass is 32.2. The SMILES string of the molecule is CN(C(=O)CSc1nc(C(C)(C)C)nc2c1c(=O)n(C)c(=O)n2C)c1ccccc1. The van der Waals surface area contributed by atoms with Gasteiger partial charge in [0.1, 0.15) is 16.2 Å². The molecule has 0 aliphatic heterocycles. The van der Waals surface area contributed by atoms with Crippen molar-refractivity contribution in [3.8, 4) is 0 Å². The maximum absolute atomic E-state index is 12.8. The number of anilines is 1. The second-order valence-corrected chi connectivity index (χ2v) is 9.05. The molecule has 0 aliphatic rings. The van der Waals surface area contributed by atoms with Gasteiger partial charge >= 0.3 is 5.69 Å². The van der Waals surface area contributed by atoms with Crippen LogP contribution < -0.4 is 16.1 Å². The summed E-state index contributed by atoms with van der Waals surface area (Å²) in [5.74, 6) is 0.467. The zero-order valence-corrected chi connectivity index (χ0v) is 18.8. The number of nitrogens with zero attached hydrogens (tertiary/aromatic N) is 5. The number of amides is 1. The Morgan fingerprint density at radius 2 is 1.70 bits per heavy atom. The van der Waals surface area contributed by atoms with Crippen LogP contribution in [0.4, 0.5) is 5.69 Å². The molecule has 1 amide bonds. The molecule has 2 aromatic heterocycles. The van der Waals surface area contributed by atoms with E-state index in [1.807, 2.05) is 51.1 Å². The van der Waals surface area contributed by atoms with Gasteiger partial charge in [-0.25, -0.2) is 14.8 Å². The van der Waals surface area contributed by atoms with E-state index < -0.39 is 16.7 Å². The van der Waals surface area contributed by atoms with Crippen molar-refractivity contribution in [3.05, 3.63) is 57.0 Å². The van der Waals surface area contributed by atoms with E-state index in [0.29, 0.717) is 10.9 Å². The second kappa shape index (κ2) is 8.06. The minimum absolute atomic E-state index is 0.0904. The van der Waals surface area contributed by atoms with Crippen molar-refractivity contribution < 1.29 is 4.79 Å². The fourth-order valence-electron chi connectivity index (χ4n) is 2.89. The van der Waals surface area contributed by atoms with Crippen molar-refractivity contribution in [2.24, 2.45) is 14.1 Å². The number of rotatable bonds is 4.